The summed E-state index contributed by atoms with van der Waals surface area (Å²) >= 11 is 0. The van der Waals surface area contributed by atoms with E-state index in [-0.39, 0.29) is 5.82 Å². The summed E-state index contributed by atoms with van der Waals surface area (Å²) in [4.78, 5) is 6.39. The van der Waals surface area contributed by atoms with Gasteiger partial charge in [0.15, 0.2) is 0 Å². The first-order valence-electron chi connectivity index (χ1n) is 5.84. The Bertz CT molecular complexity index is 441. The zero-order valence-corrected chi connectivity index (χ0v) is 9.36. The maximum absolute atomic E-state index is 13.1. The minimum Gasteiger partial charge on any atom is -0.296 e. The van der Waals surface area contributed by atoms with Crippen LogP contribution in [-0.4, -0.2) is 29.0 Å². The second-order valence-electron chi connectivity index (χ2n) is 4.61. The number of halogens is 1. The number of fused-ring (bicyclic) bond motifs is 2. The maximum Gasteiger partial charge on any atom is 0.142 e. The van der Waals surface area contributed by atoms with Gasteiger partial charge in [-0.2, -0.15) is 0 Å². The molecule has 0 aromatic carbocycles. The number of nitrogens with zero attached hydrogens (tertiary/aromatic N) is 2. The van der Waals surface area contributed by atoms with Crippen molar-refractivity contribution in [2.45, 2.75) is 19.4 Å². The molecular weight excluding hydrogens is 203 g/mol. The molecule has 1 saturated heterocycles. The van der Waals surface area contributed by atoms with Crippen LogP contribution in [0.1, 0.15) is 18.9 Å². The summed E-state index contributed by atoms with van der Waals surface area (Å²) in [6.45, 7) is 4.41. The number of likely N-dealkylation sites (N-methyl/N-ethyl adjacent to an activating group) is 1. The van der Waals surface area contributed by atoms with Crippen LogP contribution in [0.5, 0.6) is 0 Å². The van der Waals surface area contributed by atoms with Crippen LogP contribution in [0.4, 0.5) is 4.39 Å². The number of rotatable bonds is 2. The van der Waals surface area contributed by atoms with Crippen LogP contribution in [0.3, 0.4) is 0 Å². The van der Waals surface area contributed by atoms with E-state index >= 15 is 0 Å². The fourth-order valence-electron chi connectivity index (χ4n) is 2.96. The van der Waals surface area contributed by atoms with Crippen LogP contribution in [0.25, 0.3) is 5.57 Å². The van der Waals surface area contributed by atoms with E-state index in [1.165, 1.54) is 18.2 Å². The quantitative estimate of drug-likeness (QED) is 0.757. The standard InChI is InChI=1S/C13H15FN2/c1-2-16-8-9-3-12(13(16)4-9)10-5-11(14)7-15-6-10/h3,5-7,9,13H,2,4,8H2,1H3. The minimum absolute atomic E-state index is 0.246. The van der Waals surface area contributed by atoms with Crippen molar-refractivity contribution in [2.24, 2.45) is 5.92 Å². The first-order valence-corrected chi connectivity index (χ1v) is 5.84. The molecule has 1 aliphatic heterocycles. The van der Waals surface area contributed by atoms with Gasteiger partial charge in [-0.25, -0.2) is 4.39 Å². The van der Waals surface area contributed by atoms with Gasteiger partial charge >= 0.3 is 0 Å². The van der Waals surface area contributed by atoms with E-state index in [2.05, 4.69) is 22.9 Å². The van der Waals surface area contributed by atoms with Gasteiger partial charge in [0.1, 0.15) is 5.82 Å². The summed E-state index contributed by atoms with van der Waals surface area (Å²) in [5.74, 6) is 0.410. The Morgan fingerprint density at radius 1 is 1.50 bits per heavy atom. The van der Waals surface area contributed by atoms with E-state index in [4.69, 9.17) is 0 Å². The summed E-state index contributed by atoms with van der Waals surface area (Å²) in [6.07, 6.45) is 6.52. The monoisotopic (exact) mass is 218 g/mol. The molecule has 2 atom stereocenters. The van der Waals surface area contributed by atoms with Crippen LogP contribution in [0, 0.1) is 11.7 Å². The van der Waals surface area contributed by atoms with Crippen LogP contribution < -0.4 is 0 Å². The number of hydrogen-bond donors (Lipinski definition) is 0. The van der Waals surface area contributed by atoms with Crippen molar-refractivity contribution >= 4 is 5.57 Å². The smallest absolute Gasteiger partial charge is 0.142 e. The van der Waals surface area contributed by atoms with Crippen molar-refractivity contribution in [3.05, 3.63) is 35.9 Å². The van der Waals surface area contributed by atoms with Crippen molar-refractivity contribution in [2.75, 3.05) is 13.1 Å². The first-order chi connectivity index (χ1) is 7.78. The second kappa shape index (κ2) is 3.67. The summed E-state index contributed by atoms with van der Waals surface area (Å²) in [6, 6.07) is 2.08. The van der Waals surface area contributed by atoms with E-state index in [0.29, 0.717) is 12.0 Å². The van der Waals surface area contributed by atoms with Crippen molar-refractivity contribution in [1.29, 1.82) is 0 Å². The molecule has 1 aromatic rings. The average Bonchev–Trinajstić information content (AvgIpc) is 2.87. The van der Waals surface area contributed by atoms with E-state index in [1.54, 1.807) is 12.3 Å². The Balaban J connectivity index is 1.95. The summed E-state index contributed by atoms with van der Waals surface area (Å²) < 4.78 is 13.1. The molecule has 2 bridgehead atoms. The Kier molecular flexibility index (Phi) is 2.28. The lowest BCUT2D eigenvalue weighted by atomic mass is 10.0. The highest BCUT2D eigenvalue weighted by atomic mass is 19.1. The van der Waals surface area contributed by atoms with E-state index in [1.807, 2.05) is 0 Å². The molecule has 2 aliphatic rings. The van der Waals surface area contributed by atoms with Crippen molar-refractivity contribution < 1.29 is 4.39 Å². The Hall–Kier alpha value is -1.22. The molecule has 2 heterocycles. The summed E-state index contributed by atoms with van der Waals surface area (Å²) in [5.41, 5.74) is 2.22. The van der Waals surface area contributed by atoms with Gasteiger partial charge in [-0.05, 0) is 30.5 Å². The molecule has 1 aromatic heterocycles. The van der Waals surface area contributed by atoms with Crippen molar-refractivity contribution in [3.8, 4) is 0 Å². The number of aromatic nitrogens is 1. The SMILES string of the molecule is CCN1CC2C=C(c3cncc(F)c3)C1C2. The second-order valence-corrected chi connectivity index (χ2v) is 4.61. The average molecular weight is 218 g/mol. The highest BCUT2D eigenvalue weighted by Gasteiger charge is 2.38. The Labute approximate surface area is 94.8 Å². The van der Waals surface area contributed by atoms with Crippen molar-refractivity contribution in [3.63, 3.8) is 0 Å². The minimum atomic E-state index is -0.246. The molecule has 0 saturated carbocycles. The zero-order valence-electron chi connectivity index (χ0n) is 9.36. The molecular formula is C13H15FN2. The number of likely N-dealkylation sites (tertiary alicyclic amines) is 1. The molecule has 0 N–H and O–H groups in total. The third-order valence-corrected chi connectivity index (χ3v) is 3.65. The molecule has 3 heteroatoms. The number of hydrogen-bond acceptors (Lipinski definition) is 2. The van der Waals surface area contributed by atoms with Crippen LogP contribution in [0.2, 0.25) is 0 Å². The lowest BCUT2D eigenvalue weighted by Gasteiger charge is -2.26. The predicted molar refractivity (Wildman–Crippen MR) is 61.3 cm³/mol. The van der Waals surface area contributed by atoms with Gasteiger partial charge in [0, 0.05) is 24.3 Å². The fourth-order valence-corrected chi connectivity index (χ4v) is 2.96. The fraction of sp³-hybridized carbons (Fsp3) is 0.462. The molecule has 2 nitrogen and oxygen atoms in total. The molecule has 1 aliphatic carbocycles. The third kappa shape index (κ3) is 1.47. The summed E-state index contributed by atoms with van der Waals surface area (Å²) in [7, 11) is 0. The van der Waals surface area contributed by atoms with Crippen LogP contribution in [0.15, 0.2) is 24.5 Å². The summed E-state index contributed by atoms with van der Waals surface area (Å²) in [5, 5.41) is 0. The largest absolute Gasteiger partial charge is 0.296 e. The van der Waals surface area contributed by atoms with E-state index in [0.717, 1.165) is 18.7 Å². The van der Waals surface area contributed by atoms with Gasteiger partial charge in [-0.3, -0.25) is 9.88 Å². The molecule has 3 rings (SSSR count). The third-order valence-electron chi connectivity index (χ3n) is 3.65. The van der Waals surface area contributed by atoms with Crippen molar-refractivity contribution in [1.82, 2.24) is 9.88 Å². The highest BCUT2D eigenvalue weighted by Crippen LogP contribution is 2.41. The highest BCUT2D eigenvalue weighted by molar-refractivity contribution is 5.72. The Morgan fingerprint density at radius 3 is 3.06 bits per heavy atom. The predicted octanol–water partition coefficient (Wildman–Crippen LogP) is 2.33. The van der Waals surface area contributed by atoms with Gasteiger partial charge < -0.3 is 0 Å². The normalized spacial score (nSPS) is 28.5. The Morgan fingerprint density at radius 2 is 2.38 bits per heavy atom. The lowest BCUT2D eigenvalue weighted by Crippen LogP contribution is -2.31. The molecule has 2 unspecified atom stereocenters. The molecule has 1 fully saturated rings. The number of pyridine rings is 1. The zero-order chi connectivity index (χ0) is 11.1. The van der Waals surface area contributed by atoms with Gasteiger partial charge in [0.25, 0.3) is 0 Å². The molecule has 84 valence electrons. The maximum atomic E-state index is 13.1. The van der Waals surface area contributed by atoms with Gasteiger partial charge in [-0.1, -0.05) is 13.0 Å². The van der Waals surface area contributed by atoms with E-state index in [9.17, 15) is 4.39 Å². The van der Waals surface area contributed by atoms with E-state index < -0.39 is 0 Å². The topological polar surface area (TPSA) is 16.1 Å². The molecule has 0 spiro atoms. The molecule has 0 radical (unpaired) electrons. The van der Waals surface area contributed by atoms with Crippen LogP contribution >= 0.6 is 0 Å². The van der Waals surface area contributed by atoms with Crippen LogP contribution in [-0.2, 0) is 0 Å². The lowest BCUT2D eigenvalue weighted by molar-refractivity contribution is 0.302. The first kappa shape index (κ1) is 9.97. The van der Waals surface area contributed by atoms with Gasteiger partial charge in [-0.15, -0.1) is 0 Å². The molecule has 0 amide bonds. The van der Waals surface area contributed by atoms with Gasteiger partial charge in [0.2, 0.25) is 0 Å². The van der Waals surface area contributed by atoms with Gasteiger partial charge in [0.05, 0.1) is 6.20 Å². The molecule has 16 heavy (non-hydrogen) atoms.